The molecule has 17 nitrogen and oxygen atoms in total. The number of rotatable bonds is 78. The van der Waals surface area contributed by atoms with Crippen molar-refractivity contribution in [1.29, 1.82) is 0 Å². The Morgan fingerprint density at radius 3 is 0.820 bits per heavy atom. The topological polar surface area (TPSA) is 237 Å². The summed E-state index contributed by atoms with van der Waals surface area (Å²) in [4.78, 5) is 72.9. The van der Waals surface area contributed by atoms with Gasteiger partial charge >= 0.3 is 39.5 Å². The van der Waals surface area contributed by atoms with Crippen LogP contribution in [0.15, 0.2) is 24.3 Å². The summed E-state index contributed by atoms with van der Waals surface area (Å²) in [6.45, 7) is 9.60. The zero-order valence-electron chi connectivity index (χ0n) is 65.0. The number of aliphatic hydroxyl groups is 1. The fourth-order valence-corrected chi connectivity index (χ4v) is 13.6. The van der Waals surface area contributed by atoms with Gasteiger partial charge in [0, 0.05) is 25.7 Å². The number of unbranched alkanes of at least 4 members (excludes halogenated alkanes) is 45. The third-order valence-electron chi connectivity index (χ3n) is 18.3. The molecule has 0 radical (unpaired) electrons. The lowest BCUT2D eigenvalue weighted by Crippen LogP contribution is -2.30. The van der Waals surface area contributed by atoms with Crippen molar-refractivity contribution < 1.29 is 80.2 Å². The van der Waals surface area contributed by atoms with Gasteiger partial charge in [0.15, 0.2) is 12.2 Å². The number of phosphoric ester groups is 2. The highest BCUT2D eigenvalue weighted by Crippen LogP contribution is 2.45. The van der Waals surface area contributed by atoms with Gasteiger partial charge in [0.1, 0.15) is 19.3 Å². The molecule has 0 aliphatic carbocycles. The van der Waals surface area contributed by atoms with Crippen LogP contribution in [-0.4, -0.2) is 96.7 Å². The van der Waals surface area contributed by atoms with Gasteiger partial charge in [-0.15, -0.1) is 0 Å². The fourth-order valence-electron chi connectivity index (χ4n) is 12.0. The lowest BCUT2D eigenvalue weighted by molar-refractivity contribution is -0.161. The first kappa shape index (κ1) is 97.5. The number of hydrogen-bond donors (Lipinski definition) is 3. The summed E-state index contributed by atoms with van der Waals surface area (Å²) >= 11 is 0. The number of carbonyl (C=O) groups is 4. The molecule has 0 bridgehead atoms. The highest BCUT2D eigenvalue weighted by atomic mass is 31.2. The van der Waals surface area contributed by atoms with E-state index in [1.165, 1.54) is 205 Å². The summed E-state index contributed by atoms with van der Waals surface area (Å²) < 4.78 is 68.6. The molecule has 0 heterocycles. The summed E-state index contributed by atoms with van der Waals surface area (Å²) in [5.41, 5.74) is 0. The van der Waals surface area contributed by atoms with Crippen molar-refractivity contribution in [3.05, 3.63) is 24.3 Å². The molecule has 0 saturated heterocycles. The van der Waals surface area contributed by atoms with Gasteiger partial charge < -0.3 is 33.8 Å². The van der Waals surface area contributed by atoms with Crippen LogP contribution in [0.5, 0.6) is 0 Å². The third kappa shape index (κ3) is 73.8. The molecule has 19 heteroatoms. The minimum atomic E-state index is -4.97. The summed E-state index contributed by atoms with van der Waals surface area (Å²) in [6.07, 6.45) is 64.6. The SMILES string of the molecule is CCCCCC/C=C\C=C/CCCCCCCC(=O)O[C@H](COC(=O)CCCCCCCCCCC)COP(=O)(O)OC[C@H](O)COP(=O)(O)OC[C@@H](COC(=O)CCCCCCCCCCCCCCCCC(C)C)OC(=O)CCCCCCCCCCCCCCCCCCC(C)C. The Hall–Kier alpha value is -2.46. The number of esters is 4. The van der Waals surface area contributed by atoms with E-state index < -0.39 is 97.5 Å². The minimum Gasteiger partial charge on any atom is -0.462 e. The molecule has 0 aliphatic rings. The van der Waals surface area contributed by atoms with Crippen LogP contribution in [0.3, 0.4) is 0 Å². The van der Waals surface area contributed by atoms with E-state index in [1.54, 1.807) is 0 Å². The Morgan fingerprint density at radius 1 is 0.310 bits per heavy atom. The van der Waals surface area contributed by atoms with Crippen LogP contribution in [0.4, 0.5) is 0 Å². The summed E-state index contributed by atoms with van der Waals surface area (Å²) in [5, 5.41) is 10.6. The normalized spacial score (nSPS) is 14.1. The van der Waals surface area contributed by atoms with Crippen LogP contribution >= 0.6 is 15.6 Å². The molecule has 0 aromatic heterocycles. The molecule has 0 saturated carbocycles. The second kappa shape index (κ2) is 72.1. The van der Waals surface area contributed by atoms with Crippen molar-refractivity contribution in [3.8, 4) is 0 Å². The Balaban J connectivity index is 5.26. The third-order valence-corrected chi connectivity index (χ3v) is 20.2. The lowest BCUT2D eigenvalue weighted by atomic mass is 10.0. The Bertz CT molecular complexity index is 2020. The molecule has 0 fully saturated rings. The van der Waals surface area contributed by atoms with Crippen LogP contribution in [0.25, 0.3) is 0 Å². The maximum absolute atomic E-state index is 13.1. The van der Waals surface area contributed by atoms with Crippen LogP contribution in [0.2, 0.25) is 0 Å². The zero-order chi connectivity index (χ0) is 73.5. The van der Waals surface area contributed by atoms with Gasteiger partial charge in [0.2, 0.25) is 0 Å². The fraction of sp³-hybridized carbons (Fsp3) is 0.901. The zero-order valence-corrected chi connectivity index (χ0v) is 66.8. The quantitative estimate of drug-likeness (QED) is 0.0169. The molecule has 0 amide bonds. The van der Waals surface area contributed by atoms with Gasteiger partial charge in [0.25, 0.3) is 0 Å². The molecule has 0 aromatic carbocycles. The second-order valence-corrected chi connectivity index (χ2v) is 32.3. The van der Waals surface area contributed by atoms with Crippen molar-refractivity contribution in [2.24, 2.45) is 11.8 Å². The van der Waals surface area contributed by atoms with Crippen molar-refractivity contribution in [3.63, 3.8) is 0 Å². The molecule has 5 atom stereocenters. The highest BCUT2D eigenvalue weighted by molar-refractivity contribution is 7.47. The van der Waals surface area contributed by atoms with Crippen LogP contribution in [0, 0.1) is 11.8 Å². The van der Waals surface area contributed by atoms with E-state index in [1.807, 2.05) is 0 Å². The van der Waals surface area contributed by atoms with Crippen molar-refractivity contribution in [2.45, 2.75) is 419 Å². The number of hydrogen-bond acceptors (Lipinski definition) is 15. The van der Waals surface area contributed by atoms with E-state index >= 15 is 0 Å². The average Bonchev–Trinajstić information content (AvgIpc) is 0.976. The van der Waals surface area contributed by atoms with Gasteiger partial charge in [-0.05, 0) is 63.2 Å². The largest absolute Gasteiger partial charge is 0.472 e. The van der Waals surface area contributed by atoms with E-state index in [2.05, 4.69) is 65.8 Å². The average molecular weight is 1460 g/mol. The summed E-state index contributed by atoms with van der Waals surface area (Å²) in [6, 6.07) is 0. The molecule has 0 rings (SSSR count). The van der Waals surface area contributed by atoms with E-state index in [4.69, 9.17) is 37.0 Å². The molecule has 0 aromatic rings. The Labute approximate surface area is 612 Å². The standard InChI is InChI=1S/C81H154O17P2/c1-7-9-11-13-15-17-18-19-22-30-35-41-47-53-59-65-80(85)97-76(69-91-78(83)63-57-51-45-37-16-14-12-10-8-2)71-95-99(87,88)93-67-75(82)68-94-100(89,90)96-72-77(70-92-79(84)64-58-52-46-40-34-29-26-25-28-33-39-44-50-56-62-74(5)6)98-81(86)66-60-54-48-42-36-31-24-21-20-23-27-32-38-43-49-55-61-73(3)4/h17-19,22,73-77,82H,7-16,20-21,23-72H2,1-6H3,(H,87,88)(H,89,90)/b18-17-,22-19-/t75-,76+,77+/m0/s1. The van der Waals surface area contributed by atoms with Crippen LogP contribution < -0.4 is 0 Å². The highest BCUT2D eigenvalue weighted by Gasteiger charge is 2.30. The molecule has 100 heavy (non-hydrogen) atoms. The molecule has 3 N–H and O–H groups in total. The van der Waals surface area contributed by atoms with E-state index in [0.29, 0.717) is 25.7 Å². The van der Waals surface area contributed by atoms with Gasteiger partial charge in [0.05, 0.1) is 26.4 Å². The van der Waals surface area contributed by atoms with E-state index in [9.17, 15) is 43.2 Å². The monoisotopic (exact) mass is 1460 g/mol. The van der Waals surface area contributed by atoms with Crippen molar-refractivity contribution >= 4 is 39.5 Å². The summed E-state index contributed by atoms with van der Waals surface area (Å²) in [5.74, 6) is -0.534. The molecule has 590 valence electrons. The van der Waals surface area contributed by atoms with Gasteiger partial charge in [-0.2, -0.15) is 0 Å². The predicted octanol–water partition coefficient (Wildman–Crippen LogP) is 23.8. The Morgan fingerprint density at radius 2 is 0.540 bits per heavy atom. The molecule has 0 spiro atoms. The molecular weight excluding hydrogens is 1310 g/mol. The predicted molar refractivity (Wildman–Crippen MR) is 409 cm³/mol. The van der Waals surface area contributed by atoms with E-state index in [0.717, 1.165) is 115 Å². The number of allylic oxidation sites excluding steroid dienone is 4. The molecular formula is C81H154O17P2. The van der Waals surface area contributed by atoms with Crippen LogP contribution in [0.1, 0.15) is 401 Å². The smallest absolute Gasteiger partial charge is 0.462 e. The van der Waals surface area contributed by atoms with Crippen LogP contribution in [-0.2, 0) is 65.4 Å². The maximum Gasteiger partial charge on any atom is 0.472 e. The summed E-state index contributed by atoms with van der Waals surface area (Å²) in [7, 11) is -9.93. The maximum atomic E-state index is 13.1. The van der Waals surface area contributed by atoms with E-state index in [-0.39, 0.29) is 25.7 Å². The first-order valence-corrected chi connectivity index (χ1v) is 44.3. The van der Waals surface area contributed by atoms with Gasteiger partial charge in [-0.1, -0.05) is 348 Å². The second-order valence-electron chi connectivity index (χ2n) is 29.4. The first-order valence-electron chi connectivity index (χ1n) is 41.3. The minimum absolute atomic E-state index is 0.0851. The van der Waals surface area contributed by atoms with Crippen molar-refractivity contribution in [1.82, 2.24) is 0 Å². The molecule has 0 aliphatic heterocycles. The van der Waals surface area contributed by atoms with Crippen molar-refractivity contribution in [2.75, 3.05) is 39.6 Å². The first-order chi connectivity index (χ1) is 48.4. The van der Waals surface area contributed by atoms with Gasteiger partial charge in [-0.25, -0.2) is 9.13 Å². The lowest BCUT2D eigenvalue weighted by Gasteiger charge is -2.21. The number of carbonyl (C=O) groups excluding carboxylic acids is 4. The van der Waals surface area contributed by atoms with Gasteiger partial charge in [-0.3, -0.25) is 37.3 Å². The number of phosphoric acid groups is 2. The Kier molecular flexibility index (Phi) is 70.3. The number of aliphatic hydroxyl groups excluding tert-OH is 1. The number of ether oxygens (including phenoxy) is 4. The molecule has 2 unspecified atom stereocenters.